The summed E-state index contributed by atoms with van der Waals surface area (Å²) in [5.74, 6) is -0.774. The van der Waals surface area contributed by atoms with Crippen LogP contribution in [0.1, 0.15) is 41.4 Å². The number of nitrogens with two attached hydrogens (primary N) is 2. The van der Waals surface area contributed by atoms with Crippen LogP contribution in [0.15, 0.2) is 41.5 Å². The first-order valence-electron chi connectivity index (χ1n) is 7.41. The monoisotopic (exact) mass is 345 g/mol. The molecule has 6 nitrogen and oxygen atoms in total. The van der Waals surface area contributed by atoms with Gasteiger partial charge in [-0.1, -0.05) is 19.4 Å². The Bertz CT molecular complexity index is 785. The van der Waals surface area contributed by atoms with Gasteiger partial charge in [0.05, 0.1) is 5.69 Å². The van der Waals surface area contributed by atoms with Crippen molar-refractivity contribution < 1.29 is 4.79 Å². The molecule has 7 heteroatoms. The number of carbonyl (C=O) groups is 1. The molecule has 0 spiro atoms. The van der Waals surface area contributed by atoms with E-state index in [0.29, 0.717) is 11.3 Å². The minimum absolute atomic E-state index is 0. The third-order valence-electron chi connectivity index (χ3n) is 3.49. The number of hydrogen-bond acceptors (Lipinski definition) is 2. The molecule has 0 aliphatic heterocycles. The van der Waals surface area contributed by atoms with E-state index in [4.69, 9.17) is 11.5 Å². The minimum atomic E-state index is -0.501. The number of guanidine groups is 1. The lowest BCUT2D eigenvalue weighted by molar-refractivity contribution is 0.100. The van der Waals surface area contributed by atoms with Crippen LogP contribution in [0.5, 0.6) is 0 Å². The first-order chi connectivity index (χ1) is 11.1. The molecule has 0 saturated heterocycles. The number of aryl methyl sites for hydroxylation is 1. The maximum Gasteiger partial charge on any atom is 0.280 e. The van der Waals surface area contributed by atoms with E-state index in [2.05, 4.69) is 18.0 Å². The summed E-state index contributed by atoms with van der Waals surface area (Å²) in [6, 6.07) is 11.0. The van der Waals surface area contributed by atoms with E-state index < -0.39 is 5.91 Å². The normalized spacial score (nSPS) is 9.67. The predicted molar refractivity (Wildman–Crippen MR) is 96.5 cm³/mol. The third kappa shape index (κ3) is 4.37. The van der Waals surface area contributed by atoms with Crippen LogP contribution >= 0.6 is 12.4 Å². The molecule has 1 heterocycles. The fourth-order valence-electron chi connectivity index (χ4n) is 2.36. The Hall–Kier alpha value is -2.78. The molecule has 1 aromatic heterocycles. The minimum Gasteiger partial charge on any atom is -0.370 e. The molecule has 0 aliphatic carbocycles. The van der Waals surface area contributed by atoms with Gasteiger partial charge in [0.2, 0.25) is 0 Å². The van der Waals surface area contributed by atoms with Gasteiger partial charge in [0, 0.05) is 11.8 Å². The number of aliphatic imine (C=N–C) groups is 1. The number of benzene rings is 1. The Labute approximate surface area is 147 Å². The SMILES string of the molecule is CCCCc1ccc(C(=O)N=C(N)N)cc1-n1cccc1C#N.Cl. The zero-order valence-corrected chi connectivity index (χ0v) is 14.2. The highest BCUT2D eigenvalue weighted by atomic mass is 35.5. The number of nitriles is 1. The summed E-state index contributed by atoms with van der Waals surface area (Å²) in [6.07, 6.45) is 4.76. The quantitative estimate of drug-likeness (QED) is 0.640. The molecule has 2 rings (SSSR count). The topological polar surface area (TPSA) is 110 Å². The summed E-state index contributed by atoms with van der Waals surface area (Å²) in [4.78, 5) is 15.6. The van der Waals surface area contributed by atoms with Crippen molar-refractivity contribution in [1.29, 1.82) is 5.26 Å². The fourth-order valence-corrected chi connectivity index (χ4v) is 2.36. The van der Waals surface area contributed by atoms with Crippen LogP contribution in [0.4, 0.5) is 0 Å². The van der Waals surface area contributed by atoms with Crippen molar-refractivity contribution >= 4 is 24.3 Å². The lowest BCUT2D eigenvalue weighted by Gasteiger charge is -2.13. The van der Waals surface area contributed by atoms with Crippen molar-refractivity contribution in [1.82, 2.24) is 4.57 Å². The van der Waals surface area contributed by atoms with E-state index in [1.807, 2.05) is 6.07 Å². The number of halogens is 1. The second kappa shape index (κ2) is 8.75. The van der Waals surface area contributed by atoms with Gasteiger partial charge in [0.15, 0.2) is 5.96 Å². The van der Waals surface area contributed by atoms with E-state index in [-0.39, 0.29) is 18.4 Å². The van der Waals surface area contributed by atoms with Crippen LogP contribution in [0.25, 0.3) is 5.69 Å². The molecule has 0 bridgehead atoms. The molecule has 0 atom stereocenters. The average molecular weight is 346 g/mol. The molecule has 0 unspecified atom stereocenters. The number of rotatable bonds is 5. The molecular formula is C17H20ClN5O. The zero-order chi connectivity index (χ0) is 16.8. The van der Waals surface area contributed by atoms with E-state index in [0.717, 1.165) is 30.5 Å². The van der Waals surface area contributed by atoms with E-state index in [9.17, 15) is 10.1 Å². The second-order valence-corrected chi connectivity index (χ2v) is 5.16. The van der Waals surface area contributed by atoms with Crippen LogP contribution in [-0.2, 0) is 6.42 Å². The van der Waals surface area contributed by atoms with E-state index in [1.165, 1.54) is 0 Å². The van der Waals surface area contributed by atoms with Gasteiger partial charge < -0.3 is 16.0 Å². The Kier molecular flexibility index (Phi) is 7.02. The summed E-state index contributed by atoms with van der Waals surface area (Å²) >= 11 is 0. The molecule has 4 N–H and O–H groups in total. The van der Waals surface area contributed by atoms with Gasteiger partial charge in [-0.05, 0) is 42.7 Å². The molecule has 0 aliphatic rings. The highest BCUT2D eigenvalue weighted by Crippen LogP contribution is 2.22. The molecule has 24 heavy (non-hydrogen) atoms. The lowest BCUT2D eigenvalue weighted by atomic mass is 10.0. The number of amides is 1. The van der Waals surface area contributed by atoms with Crippen molar-refractivity contribution in [2.24, 2.45) is 16.5 Å². The molecule has 0 radical (unpaired) electrons. The summed E-state index contributed by atoms with van der Waals surface area (Å²) < 4.78 is 1.78. The van der Waals surface area contributed by atoms with Crippen LogP contribution in [0.3, 0.4) is 0 Å². The Morgan fingerprint density at radius 2 is 2.08 bits per heavy atom. The number of hydrogen-bond donors (Lipinski definition) is 2. The highest BCUT2D eigenvalue weighted by Gasteiger charge is 2.12. The van der Waals surface area contributed by atoms with Crippen LogP contribution in [0.2, 0.25) is 0 Å². The summed E-state index contributed by atoms with van der Waals surface area (Å²) in [6.45, 7) is 2.12. The van der Waals surface area contributed by atoms with E-state index >= 15 is 0 Å². The highest BCUT2D eigenvalue weighted by molar-refractivity contribution is 6.02. The number of aromatic nitrogens is 1. The summed E-state index contributed by atoms with van der Waals surface area (Å²) in [7, 11) is 0. The molecule has 2 aromatic rings. The number of carbonyl (C=O) groups excluding carboxylic acids is 1. The van der Waals surface area contributed by atoms with Crippen LogP contribution in [0, 0.1) is 11.3 Å². The lowest BCUT2D eigenvalue weighted by Crippen LogP contribution is -2.24. The van der Waals surface area contributed by atoms with Gasteiger partial charge in [-0.15, -0.1) is 12.4 Å². The van der Waals surface area contributed by atoms with Gasteiger partial charge in [0.1, 0.15) is 11.8 Å². The largest absolute Gasteiger partial charge is 0.370 e. The molecule has 126 valence electrons. The first-order valence-corrected chi connectivity index (χ1v) is 7.41. The van der Waals surface area contributed by atoms with Crippen molar-refractivity contribution in [3.05, 3.63) is 53.3 Å². The van der Waals surface area contributed by atoms with Crippen molar-refractivity contribution in [2.45, 2.75) is 26.2 Å². The second-order valence-electron chi connectivity index (χ2n) is 5.16. The van der Waals surface area contributed by atoms with Gasteiger partial charge in [0.25, 0.3) is 5.91 Å². The standard InChI is InChI=1S/C17H19N5O.ClH/c1-2-3-5-12-7-8-13(16(23)21-17(19)20)10-15(12)22-9-4-6-14(22)11-18;/h4,6-10H,2-3,5H2,1H3,(H4,19,20,21,23);1H. The summed E-state index contributed by atoms with van der Waals surface area (Å²) in [5, 5.41) is 9.24. The van der Waals surface area contributed by atoms with Crippen LogP contribution < -0.4 is 11.5 Å². The van der Waals surface area contributed by atoms with Gasteiger partial charge in [-0.3, -0.25) is 4.79 Å². The van der Waals surface area contributed by atoms with Gasteiger partial charge in [-0.2, -0.15) is 10.3 Å². The van der Waals surface area contributed by atoms with Crippen LogP contribution in [-0.4, -0.2) is 16.4 Å². The Morgan fingerprint density at radius 1 is 1.33 bits per heavy atom. The smallest absolute Gasteiger partial charge is 0.280 e. The van der Waals surface area contributed by atoms with Crippen molar-refractivity contribution in [3.8, 4) is 11.8 Å². The first kappa shape index (κ1) is 19.3. The average Bonchev–Trinajstić information content (AvgIpc) is 3.00. The Balaban J connectivity index is 0.00000288. The Morgan fingerprint density at radius 3 is 2.71 bits per heavy atom. The predicted octanol–water partition coefficient (Wildman–Crippen LogP) is 2.53. The molecule has 1 amide bonds. The van der Waals surface area contributed by atoms with E-state index in [1.54, 1.807) is 35.0 Å². The maximum absolute atomic E-state index is 12.0. The fraction of sp³-hybridized carbons (Fsp3) is 0.235. The third-order valence-corrected chi connectivity index (χ3v) is 3.49. The van der Waals surface area contributed by atoms with Crippen molar-refractivity contribution in [2.75, 3.05) is 0 Å². The maximum atomic E-state index is 12.0. The molecule has 0 fully saturated rings. The van der Waals surface area contributed by atoms with Gasteiger partial charge in [-0.25, -0.2) is 0 Å². The zero-order valence-electron chi connectivity index (χ0n) is 13.4. The number of unbranched alkanes of at least 4 members (excludes halogenated alkanes) is 1. The molecular weight excluding hydrogens is 326 g/mol. The molecule has 0 saturated carbocycles. The van der Waals surface area contributed by atoms with Crippen molar-refractivity contribution in [3.63, 3.8) is 0 Å². The number of nitrogens with zero attached hydrogens (tertiary/aromatic N) is 3. The van der Waals surface area contributed by atoms with Gasteiger partial charge >= 0.3 is 0 Å². The molecule has 1 aromatic carbocycles. The summed E-state index contributed by atoms with van der Waals surface area (Å²) in [5.41, 5.74) is 13.3.